The fourth-order valence-electron chi connectivity index (χ4n) is 2.51. The SMILES string of the molecule is CCCCN(C)S(=O)(=O)c1ccc(C(=O)Nc2ccc(N(C)C)cc2)cc1. The van der Waals surface area contributed by atoms with Gasteiger partial charge in [-0.3, -0.25) is 4.79 Å². The number of nitrogens with zero attached hydrogens (tertiary/aromatic N) is 2. The molecule has 0 aliphatic carbocycles. The standard InChI is InChI=1S/C20H27N3O3S/c1-5-6-15-23(4)27(25,26)19-13-7-16(8-14-19)20(24)21-17-9-11-18(12-10-17)22(2)3/h7-14H,5-6,15H2,1-4H3,(H,21,24). The molecule has 0 saturated heterocycles. The molecule has 0 heterocycles. The highest BCUT2D eigenvalue weighted by Gasteiger charge is 2.20. The van der Waals surface area contributed by atoms with Gasteiger partial charge in [0.25, 0.3) is 5.91 Å². The minimum Gasteiger partial charge on any atom is -0.378 e. The predicted molar refractivity (Wildman–Crippen MR) is 110 cm³/mol. The minimum absolute atomic E-state index is 0.188. The number of nitrogens with one attached hydrogen (secondary N) is 1. The maximum atomic E-state index is 12.5. The Morgan fingerprint density at radius 3 is 2.07 bits per heavy atom. The van der Waals surface area contributed by atoms with E-state index in [0.29, 0.717) is 17.8 Å². The van der Waals surface area contributed by atoms with Crippen LogP contribution in [0.1, 0.15) is 30.1 Å². The summed E-state index contributed by atoms with van der Waals surface area (Å²) < 4.78 is 26.4. The monoisotopic (exact) mass is 389 g/mol. The van der Waals surface area contributed by atoms with E-state index in [4.69, 9.17) is 0 Å². The highest BCUT2D eigenvalue weighted by molar-refractivity contribution is 7.89. The van der Waals surface area contributed by atoms with E-state index in [1.807, 2.05) is 50.2 Å². The molecule has 0 aliphatic heterocycles. The zero-order valence-corrected chi connectivity index (χ0v) is 17.1. The van der Waals surface area contributed by atoms with E-state index < -0.39 is 10.0 Å². The molecular formula is C20H27N3O3S. The molecular weight excluding hydrogens is 362 g/mol. The molecule has 0 fully saturated rings. The van der Waals surface area contributed by atoms with Crippen molar-refractivity contribution in [2.24, 2.45) is 0 Å². The van der Waals surface area contributed by atoms with Crippen molar-refractivity contribution in [3.05, 3.63) is 54.1 Å². The van der Waals surface area contributed by atoms with Gasteiger partial charge in [0, 0.05) is 44.6 Å². The molecule has 0 saturated carbocycles. The van der Waals surface area contributed by atoms with E-state index in [0.717, 1.165) is 18.5 Å². The van der Waals surface area contributed by atoms with E-state index in [1.54, 1.807) is 7.05 Å². The average Bonchev–Trinajstić information content (AvgIpc) is 2.66. The van der Waals surface area contributed by atoms with Gasteiger partial charge in [-0.15, -0.1) is 0 Å². The Hall–Kier alpha value is -2.38. The van der Waals surface area contributed by atoms with Crippen molar-refractivity contribution in [2.45, 2.75) is 24.7 Å². The average molecular weight is 390 g/mol. The summed E-state index contributed by atoms with van der Waals surface area (Å²) in [6, 6.07) is 13.5. The molecule has 0 bridgehead atoms. The van der Waals surface area contributed by atoms with Gasteiger partial charge >= 0.3 is 0 Å². The van der Waals surface area contributed by atoms with E-state index >= 15 is 0 Å². The second-order valence-corrected chi connectivity index (χ2v) is 8.64. The summed E-state index contributed by atoms with van der Waals surface area (Å²) in [5.74, 6) is -0.282. The number of amides is 1. The first-order chi connectivity index (χ1) is 12.8. The van der Waals surface area contributed by atoms with Crippen LogP contribution in [0.4, 0.5) is 11.4 Å². The molecule has 0 aromatic heterocycles. The van der Waals surface area contributed by atoms with Crippen molar-refractivity contribution in [2.75, 3.05) is 37.9 Å². The number of rotatable bonds is 8. The molecule has 27 heavy (non-hydrogen) atoms. The number of hydrogen-bond donors (Lipinski definition) is 1. The molecule has 0 atom stereocenters. The van der Waals surface area contributed by atoms with E-state index in [9.17, 15) is 13.2 Å². The highest BCUT2D eigenvalue weighted by atomic mass is 32.2. The smallest absolute Gasteiger partial charge is 0.255 e. The number of anilines is 2. The summed E-state index contributed by atoms with van der Waals surface area (Å²) in [6.07, 6.45) is 1.73. The summed E-state index contributed by atoms with van der Waals surface area (Å²) in [4.78, 5) is 14.6. The second-order valence-electron chi connectivity index (χ2n) is 6.60. The molecule has 0 radical (unpaired) electrons. The van der Waals surface area contributed by atoms with Crippen LogP contribution in [0.5, 0.6) is 0 Å². The van der Waals surface area contributed by atoms with Crippen molar-refractivity contribution in [3.63, 3.8) is 0 Å². The van der Waals surface area contributed by atoms with Crippen molar-refractivity contribution >= 4 is 27.3 Å². The molecule has 0 aliphatic rings. The molecule has 7 heteroatoms. The summed E-state index contributed by atoms with van der Waals surface area (Å²) >= 11 is 0. The lowest BCUT2D eigenvalue weighted by molar-refractivity contribution is 0.102. The first-order valence-corrected chi connectivity index (χ1v) is 10.3. The van der Waals surface area contributed by atoms with Crippen LogP contribution in [0.15, 0.2) is 53.4 Å². The van der Waals surface area contributed by atoms with Crippen LogP contribution in [0.2, 0.25) is 0 Å². The zero-order chi connectivity index (χ0) is 20.0. The van der Waals surface area contributed by atoms with Crippen LogP contribution in [0.3, 0.4) is 0 Å². The topological polar surface area (TPSA) is 69.7 Å². The molecule has 0 unspecified atom stereocenters. The summed E-state index contributed by atoms with van der Waals surface area (Å²) in [5, 5.41) is 2.82. The largest absolute Gasteiger partial charge is 0.378 e. The van der Waals surface area contributed by atoms with Crippen LogP contribution in [-0.2, 0) is 10.0 Å². The molecule has 2 rings (SSSR count). The fourth-order valence-corrected chi connectivity index (χ4v) is 3.71. The number of benzene rings is 2. The minimum atomic E-state index is -3.53. The third kappa shape index (κ3) is 5.30. The lowest BCUT2D eigenvalue weighted by atomic mass is 10.2. The van der Waals surface area contributed by atoms with Crippen molar-refractivity contribution < 1.29 is 13.2 Å². The van der Waals surface area contributed by atoms with Crippen molar-refractivity contribution in [1.82, 2.24) is 4.31 Å². The Labute approximate surface area is 161 Å². The van der Waals surface area contributed by atoms with Gasteiger partial charge in [-0.2, -0.15) is 0 Å². The quantitative estimate of drug-likeness (QED) is 0.751. The van der Waals surface area contributed by atoms with E-state index in [-0.39, 0.29) is 10.8 Å². The number of unbranched alkanes of at least 4 members (excludes halogenated alkanes) is 1. The molecule has 2 aromatic rings. The van der Waals surface area contributed by atoms with E-state index in [1.165, 1.54) is 28.6 Å². The van der Waals surface area contributed by atoms with Gasteiger partial charge in [-0.25, -0.2) is 12.7 Å². The molecule has 2 aromatic carbocycles. The number of sulfonamides is 1. The van der Waals surface area contributed by atoms with Crippen LogP contribution in [0.25, 0.3) is 0 Å². The molecule has 1 N–H and O–H groups in total. The van der Waals surface area contributed by atoms with Gasteiger partial charge < -0.3 is 10.2 Å². The van der Waals surface area contributed by atoms with E-state index in [2.05, 4.69) is 5.32 Å². The first kappa shape index (κ1) is 20.9. The van der Waals surface area contributed by atoms with Crippen LogP contribution < -0.4 is 10.2 Å². The maximum Gasteiger partial charge on any atom is 0.255 e. The molecule has 6 nitrogen and oxygen atoms in total. The van der Waals surface area contributed by atoms with Gasteiger partial charge in [0.1, 0.15) is 0 Å². The number of carbonyl (C=O) groups is 1. The van der Waals surface area contributed by atoms with Gasteiger partial charge in [0.2, 0.25) is 10.0 Å². The van der Waals surface area contributed by atoms with Gasteiger partial charge in [0.15, 0.2) is 0 Å². The van der Waals surface area contributed by atoms with Crippen LogP contribution >= 0.6 is 0 Å². The van der Waals surface area contributed by atoms with Crippen LogP contribution in [0, 0.1) is 0 Å². The summed E-state index contributed by atoms with van der Waals surface area (Å²) in [5.41, 5.74) is 2.12. The Morgan fingerprint density at radius 2 is 1.56 bits per heavy atom. The second kappa shape index (κ2) is 9.01. The molecule has 1 amide bonds. The lowest BCUT2D eigenvalue weighted by Gasteiger charge is -2.17. The first-order valence-electron chi connectivity index (χ1n) is 8.91. The number of carbonyl (C=O) groups excluding carboxylic acids is 1. The maximum absolute atomic E-state index is 12.5. The van der Waals surface area contributed by atoms with Gasteiger partial charge in [0.05, 0.1) is 4.90 Å². The summed E-state index contributed by atoms with van der Waals surface area (Å²) in [6.45, 7) is 2.49. The third-order valence-corrected chi connectivity index (χ3v) is 6.16. The predicted octanol–water partition coefficient (Wildman–Crippen LogP) is 3.43. The Morgan fingerprint density at radius 1 is 0.963 bits per heavy atom. The fraction of sp³-hybridized carbons (Fsp3) is 0.350. The van der Waals surface area contributed by atoms with Gasteiger partial charge in [-0.1, -0.05) is 13.3 Å². The Bertz CT molecular complexity index is 860. The Kier molecular flexibility index (Phi) is 6.98. The van der Waals surface area contributed by atoms with Crippen molar-refractivity contribution in [3.8, 4) is 0 Å². The van der Waals surface area contributed by atoms with Crippen molar-refractivity contribution in [1.29, 1.82) is 0 Å². The third-order valence-electron chi connectivity index (χ3n) is 4.29. The lowest BCUT2D eigenvalue weighted by Crippen LogP contribution is -2.28. The zero-order valence-electron chi connectivity index (χ0n) is 16.3. The Balaban J connectivity index is 2.08. The summed E-state index contributed by atoms with van der Waals surface area (Å²) in [7, 11) is 1.94. The normalized spacial score (nSPS) is 11.4. The van der Waals surface area contributed by atoms with Gasteiger partial charge in [-0.05, 0) is 55.0 Å². The molecule has 146 valence electrons. The van der Waals surface area contributed by atoms with Crippen LogP contribution in [-0.4, -0.2) is 46.3 Å². The molecule has 0 spiro atoms. The highest BCUT2D eigenvalue weighted by Crippen LogP contribution is 2.18. The number of hydrogen-bond acceptors (Lipinski definition) is 4.